The number of benzene rings is 2. The minimum Gasteiger partial charge on any atom is -0.508 e. The first kappa shape index (κ1) is 18.0. The van der Waals surface area contributed by atoms with E-state index in [0.29, 0.717) is 10.2 Å². The van der Waals surface area contributed by atoms with Crippen LogP contribution < -0.4 is 21.4 Å². The minimum atomic E-state index is -0.715. The predicted octanol–water partition coefficient (Wildman–Crippen LogP) is 2.48. The van der Waals surface area contributed by atoms with E-state index in [0.717, 1.165) is 10.0 Å². The van der Waals surface area contributed by atoms with Crippen molar-refractivity contribution in [3.05, 3.63) is 52.3 Å². The van der Waals surface area contributed by atoms with Crippen LogP contribution in [0.2, 0.25) is 0 Å². The number of carbonyl (C=O) groups is 1. The largest absolute Gasteiger partial charge is 0.508 e. The first-order valence-corrected chi connectivity index (χ1v) is 7.56. The molecule has 0 aliphatic rings. The molecule has 0 saturated heterocycles. The fraction of sp³-hybridized carbons (Fsp3) is 0.133. The number of aromatic hydroxyl groups is 1. The van der Waals surface area contributed by atoms with Gasteiger partial charge < -0.3 is 9.84 Å². The van der Waals surface area contributed by atoms with E-state index in [1.807, 2.05) is 0 Å². The summed E-state index contributed by atoms with van der Waals surface area (Å²) in [5.74, 6) is 11.0. The number of carbonyl (C=O) groups excluding carboxylic acids is 1. The van der Waals surface area contributed by atoms with Gasteiger partial charge in [0, 0.05) is 7.05 Å². The Hall–Kier alpha value is -2.36. The van der Waals surface area contributed by atoms with Crippen LogP contribution in [0.15, 0.2) is 40.9 Å². The zero-order chi connectivity index (χ0) is 17.9. The maximum atomic E-state index is 14.2. The minimum absolute atomic E-state index is 0.0607. The Labute approximate surface area is 146 Å². The van der Waals surface area contributed by atoms with Crippen molar-refractivity contribution in [2.24, 2.45) is 11.7 Å². The van der Waals surface area contributed by atoms with Crippen molar-refractivity contribution >= 4 is 27.6 Å². The van der Waals surface area contributed by atoms with Gasteiger partial charge in [0.15, 0.2) is 0 Å². The molecule has 2 amide bonds. The summed E-state index contributed by atoms with van der Waals surface area (Å²) in [6.45, 7) is -0.180. The van der Waals surface area contributed by atoms with Crippen molar-refractivity contribution in [1.82, 2.24) is 5.01 Å². The number of rotatable bonds is 4. The van der Waals surface area contributed by atoms with Gasteiger partial charge in [-0.05, 0) is 46.3 Å². The molecular formula is C15H16BrFN4O3. The lowest BCUT2D eigenvalue weighted by molar-refractivity contribution is 0.216. The number of anilines is 1. The molecule has 2 aromatic carbocycles. The van der Waals surface area contributed by atoms with E-state index < -0.39 is 11.8 Å². The quantitative estimate of drug-likeness (QED) is 0.416. The third kappa shape index (κ3) is 3.94. The molecule has 2 rings (SSSR count). The van der Waals surface area contributed by atoms with Crippen molar-refractivity contribution in [3.8, 4) is 11.5 Å². The summed E-state index contributed by atoms with van der Waals surface area (Å²) in [5.41, 5.74) is 0.224. The number of nitrogens with zero attached hydrogens (tertiary/aromatic N) is 2. The summed E-state index contributed by atoms with van der Waals surface area (Å²) in [4.78, 5) is 11.9. The van der Waals surface area contributed by atoms with Crippen LogP contribution in [-0.2, 0) is 6.61 Å². The fourth-order valence-corrected chi connectivity index (χ4v) is 2.43. The first-order valence-electron chi connectivity index (χ1n) is 6.77. The summed E-state index contributed by atoms with van der Waals surface area (Å²) in [7, 11) is 1.32. The highest BCUT2D eigenvalue weighted by atomic mass is 79.9. The normalized spacial score (nSPS) is 10.4. The van der Waals surface area contributed by atoms with Gasteiger partial charge in [-0.1, -0.05) is 6.07 Å². The molecule has 0 radical (unpaired) electrons. The number of hydrogen-bond donors (Lipinski definition) is 3. The second kappa shape index (κ2) is 7.47. The fourth-order valence-electron chi connectivity index (χ4n) is 1.95. The zero-order valence-corrected chi connectivity index (χ0v) is 14.3. The number of amides is 2. The van der Waals surface area contributed by atoms with Gasteiger partial charge in [0.25, 0.3) is 0 Å². The molecule has 0 atom stereocenters. The monoisotopic (exact) mass is 398 g/mol. The van der Waals surface area contributed by atoms with Crippen molar-refractivity contribution in [2.75, 3.05) is 12.1 Å². The van der Waals surface area contributed by atoms with E-state index in [1.54, 1.807) is 0 Å². The second-order valence-electron chi connectivity index (χ2n) is 4.90. The van der Waals surface area contributed by atoms with Gasteiger partial charge in [-0.3, -0.25) is 5.01 Å². The lowest BCUT2D eigenvalue weighted by Gasteiger charge is -2.23. The summed E-state index contributed by atoms with van der Waals surface area (Å²) in [6, 6.07) is 7.83. The van der Waals surface area contributed by atoms with Crippen molar-refractivity contribution in [1.29, 1.82) is 0 Å². The van der Waals surface area contributed by atoms with Crippen LogP contribution in [0.4, 0.5) is 14.9 Å². The molecule has 7 nitrogen and oxygen atoms in total. The molecule has 0 saturated carbocycles. The number of hydrogen-bond acceptors (Lipinski definition) is 5. The first-order chi connectivity index (χ1) is 11.3. The van der Waals surface area contributed by atoms with Crippen LogP contribution >= 0.6 is 15.9 Å². The summed E-state index contributed by atoms with van der Waals surface area (Å²) >= 11 is 3.24. The van der Waals surface area contributed by atoms with Crippen molar-refractivity contribution in [3.63, 3.8) is 0 Å². The molecule has 0 spiro atoms. The van der Waals surface area contributed by atoms with Crippen LogP contribution in [-0.4, -0.2) is 23.2 Å². The Morgan fingerprint density at radius 3 is 2.67 bits per heavy atom. The van der Waals surface area contributed by atoms with Crippen LogP contribution in [0.25, 0.3) is 0 Å². The molecule has 0 aromatic heterocycles. The number of halogens is 2. The van der Waals surface area contributed by atoms with E-state index in [4.69, 9.17) is 16.4 Å². The van der Waals surface area contributed by atoms with Gasteiger partial charge in [0.05, 0.1) is 15.7 Å². The maximum Gasteiger partial charge on any atom is 0.352 e. The molecular weight excluding hydrogens is 383 g/mol. The Morgan fingerprint density at radius 1 is 1.33 bits per heavy atom. The molecule has 0 unspecified atom stereocenters. The van der Waals surface area contributed by atoms with E-state index >= 15 is 0 Å². The third-order valence-electron chi connectivity index (χ3n) is 3.15. The van der Waals surface area contributed by atoms with Crippen molar-refractivity contribution < 1.29 is 19.0 Å². The molecule has 0 heterocycles. The highest BCUT2D eigenvalue weighted by molar-refractivity contribution is 9.10. The van der Waals surface area contributed by atoms with E-state index in [2.05, 4.69) is 15.9 Å². The second-order valence-corrected chi connectivity index (χ2v) is 5.76. The SMILES string of the molecule is CN(N)C(=O)N(N)c1cccc(F)c1COc1ccc(O)cc1Br. The van der Waals surface area contributed by atoms with E-state index in [1.165, 1.54) is 43.4 Å². The van der Waals surface area contributed by atoms with Crippen LogP contribution in [0, 0.1) is 5.82 Å². The number of urea groups is 1. The van der Waals surface area contributed by atoms with Gasteiger partial charge in [-0.15, -0.1) is 0 Å². The molecule has 0 bridgehead atoms. The standard InChI is InChI=1S/C15H16BrFN4O3/c1-20(18)15(23)21(19)13-4-2-3-12(17)10(13)8-24-14-6-5-9(22)7-11(14)16/h2-7,22H,8,18-19H2,1H3. The lowest BCUT2D eigenvalue weighted by Crippen LogP contribution is -2.49. The molecule has 128 valence electrons. The third-order valence-corrected chi connectivity index (χ3v) is 3.77. The highest BCUT2D eigenvalue weighted by Crippen LogP contribution is 2.30. The van der Waals surface area contributed by atoms with Crippen molar-refractivity contribution in [2.45, 2.75) is 6.61 Å². The zero-order valence-electron chi connectivity index (χ0n) is 12.7. The van der Waals surface area contributed by atoms with Crippen LogP contribution in [0.1, 0.15) is 5.56 Å². The summed E-state index contributed by atoms with van der Waals surface area (Å²) in [5, 5.41) is 10.9. The number of ether oxygens (including phenoxy) is 1. The Kier molecular flexibility index (Phi) is 5.60. The molecule has 5 N–H and O–H groups in total. The highest BCUT2D eigenvalue weighted by Gasteiger charge is 2.20. The molecule has 2 aromatic rings. The summed E-state index contributed by atoms with van der Waals surface area (Å²) in [6.07, 6.45) is 0. The number of hydrazine groups is 2. The molecule has 0 fully saturated rings. The van der Waals surface area contributed by atoms with Gasteiger partial charge in [-0.25, -0.2) is 25.9 Å². The topological polar surface area (TPSA) is 105 Å². The Balaban J connectivity index is 2.28. The van der Waals surface area contributed by atoms with Gasteiger partial charge >= 0.3 is 6.03 Å². The smallest absolute Gasteiger partial charge is 0.352 e. The lowest BCUT2D eigenvalue weighted by atomic mass is 10.1. The van der Waals surface area contributed by atoms with Crippen LogP contribution in [0.5, 0.6) is 11.5 Å². The van der Waals surface area contributed by atoms with Gasteiger partial charge in [-0.2, -0.15) is 0 Å². The van der Waals surface area contributed by atoms with E-state index in [9.17, 15) is 14.3 Å². The number of nitrogens with two attached hydrogens (primary N) is 2. The number of phenolic OH excluding ortho intramolecular Hbond substituents is 1. The van der Waals surface area contributed by atoms with Gasteiger partial charge in [0.1, 0.15) is 23.9 Å². The Bertz CT molecular complexity index is 757. The number of phenols is 1. The molecule has 9 heteroatoms. The van der Waals surface area contributed by atoms with Crippen LogP contribution in [0.3, 0.4) is 0 Å². The molecule has 0 aliphatic heterocycles. The van der Waals surface area contributed by atoms with E-state index in [-0.39, 0.29) is 23.6 Å². The molecule has 0 aliphatic carbocycles. The Morgan fingerprint density at radius 2 is 2.04 bits per heavy atom. The predicted molar refractivity (Wildman–Crippen MR) is 90.6 cm³/mol. The van der Waals surface area contributed by atoms with Gasteiger partial charge in [0.2, 0.25) is 0 Å². The maximum absolute atomic E-state index is 14.2. The average Bonchev–Trinajstić information content (AvgIpc) is 2.53. The summed E-state index contributed by atoms with van der Waals surface area (Å²) < 4.78 is 20.2. The molecule has 24 heavy (non-hydrogen) atoms. The average molecular weight is 399 g/mol.